The topological polar surface area (TPSA) is 32.7 Å². The molecule has 0 spiro atoms. The Morgan fingerprint density at radius 1 is 1.22 bits per heavy atom. The molecule has 0 bridgehead atoms. The summed E-state index contributed by atoms with van der Waals surface area (Å²) in [5.41, 5.74) is 2.52. The monoisotopic (exact) mass is 330 g/mol. The first kappa shape index (κ1) is 15.7. The number of benzene rings is 2. The molecule has 1 heterocycles. The lowest BCUT2D eigenvalue weighted by molar-refractivity contribution is -0.123. The van der Waals surface area contributed by atoms with Gasteiger partial charge in [0.1, 0.15) is 0 Å². The molecule has 118 valence electrons. The Kier molecular flexibility index (Phi) is 4.44. The van der Waals surface area contributed by atoms with E-state index >= 15 is 0 Å². The summed E-state index contributed by atoms with van der Waals surface area (Å²) >= 11 is 6.13. The Labute approximate surface area is 139 Å². The van der Waals surface area contributed by atoms with Gasteiger partial charge in [-0.3, -0.25) is 4.79 Å². The van der Waals surface area contributed by atoms with Crippen molar-refractivity contribution in [2.24, 2.45) is 4.99 Å². The molecule has 0 saturated heterocycles. The Morgan fingerprint density at radius 2 is 1.96 bits per heavy atom. The number of anilines is 1. The molecule has 0 saturated carbocycles. The van der Waals surface area contributed by atoms with E-state index in [2.05, 4.69) is 4.99 Å². The van der Waals surface area contributed by atoms with Gasteiger partial charge >= 0.3 is 0 Å². The summed E-state index contributed by atoms with van der Waals surface area (Å²) < 4.78 is 14.4. The fourth-order valence-electron chi connectivity index (χ4n) is 2.70. The molecule has 0 aromatic heterocycles. The number of amides is 1. The third kappa shape index (κ3) is 2.99. The highest BCUT2D eigenvalue weighted by Crippen LogP contribution is 2.31. The Bertz CT molecular complexity index is 761. The Morgan fingerprint density at radius 3 is 2.65 bits per heavy atom. The van der Waals surface area contributed by atoms with Gasteiger partial charge in [-0.25, -0.2) is 9.38 Å². The number of aliphatic imine (C=N–C) groups is 1. The SMILES string of the molecule is CCCN1C(=O)C(F)N=C(c2ccccc2)c2cc(Cl)ccc21. The minimum absolute atomic E-state index is 0.436. The molecule has 1 aliphatic rings. The first-order valence-corrected chi connectivity index (χ1v) is 7.88. The van der Waals surface area contributed by atoms with Crippen LogP contribution in [0.2, 0.25) is 5.02 Å². The summed E-state index contributed by atoms with van der Waals surface area (Å²) in [4.78, 5) is 17.9. The number of hydrogen-bond donors (Lipinski definition) is 0. The molecular formula is C18H16ClFN2O. The maximum atomic E-state index is 14.4. The molecule has 3 rings (SSSR count). The summed E-state index contributed by atoms with van der Waals surface area (Å²) in [7, 11) is 0. The number of carbonyl (C=O) groups excluding carboxylic acids is 1. The average Bonchev–Trinajstić information content (AvgIpc) is 2.66. The van der Waals surface area contributed by atoms with Gasteiger partial charge in [-0.2, -0.15) is 0 Å². The third-order valence-electron chi connectivity index (χ3n) is 3.71. The first-order chi connectivity index (χ1) is 11.1. The van der Waals surface area contributed by atoms with Crippen LogP contribution in [0.25, 0.3) is 0 Å². The van der Waals surface area contributed by atoms with E-state index < -0.39 is 12.2 Å². The van der Waals surface area contributed by atoms with Crippen LogP contribution in [0.3, 0.4) is 0 Å². The zero-order valence-electron chi connectivity index (χ0n) is 12.7. The highest BCUT2D eigenvalue weighted by atomic mass is 35.5. The highest BCUT2D eigenvalue weighted by molar-refractivity contribution is 6.32. The van der Waals surface area contributed by atoms with Gasteiger partial charge in [0.15, 0.2) is 0 Å². The summed E-state index contributed by atoms with van der Waals surface area (Å²) in [6, 6.07) is 14.5. The van der Waals surface area contributed by atoms with Crippen molar-refractivity contribution in [3.05, 3.63) is 64.7 Å². The lowest BCUT2D eigenvalue weighted by atomic mass is 10.00. The van der Waals surface area contributed by atoms with Gasteiger partial charge in [0.2, 0.25) is 0 Å². The zero-order valence-corrected chi connectivity index (χ0v) is 13.4. The normalized spacial score (nSPS) is 17.5. The second-order valence-electron chi connectivity index (χ2n) is 5.33. The van der Waals surface area contributed by atoms with Crippen LogP contribution in [0.1, 0.15) is 24.5 Å². The second kappa shape index (κ2) is 6.50. The number of rotatable bonds is 3. The van der Waals surface area contributed by atoms with E-state index in [0.29, 0.717) is 28.5 Å². The van der Waals surface area contributed by atoms with Gasteiger partial charge in [0, 0.05) is 22.7 Å². The predicted molar refractivity (Wildman–Crippen MR) is 91.1 cm³/mol. The van der Waals surface area contributed by atoms with Gasteiger partial charge < -0.3 is 4.90 Å². The van der Waals surface area contributed by atoms with E-state index in [4.69, 9.17) is 11.6 Å². The molecule has 1 amide bonds. The summed E-state index contributed by atoms with van der Waals surface area (Å²) in [5, 5.41) is 0.522. The second-order valence-corrected chi connectivity index (χ2v) is 5.77. The number of hydrogen-bond acceptors (Lipinski definition) is 2. The molecule has 5 heteroatoms. The van der Waals surface area contributed by atoms with Crippen molar-refractivity contribution >= 4 is 28.9 Å². The number of fused-ring (bicyclic) bond motifs is 1. The van der Waals surface area contributed by atoms with Crippen molar-refractivity contribution in [3.8, 4) is 0 Å². The number of alkyl halides is 1. The summed E-state index contributed by atoms with van der Waals surface area (Å²) in [6.45, 7) is 2.38. The predicted octanol–water partition coefficient (Wildman–Crippen LogP) is 4.23. The standard InChI is InChI=1S/C18H16ClFN2O/c1-2-10-22-15-9-8-13(19)11-14(15)16(21-17(20)18(22)23)12-6-4-3-5-7-12/h3-9,11,17H,2,10H2,1H3. The Balaban J connectivity index is 2.23. The van der Waals surface area contributed by atoms with E-state index in [9.17, 15) is 9.18 Å². The molecule has 2 aromatic rings. The van der Waals surface area contributed by atoms with Crippen LogP contribution >= 0.6 is 11.6 Å². The van der Waals surface area contributed by atoms with E-state index in [1.807, 2.05) is 37.3 Å². The van der Waals surface area contributed by atoms with Crippen LogP contribution in [-0.4, -0.2) is 24.5 Å². The van der Waals surface area contributed by atoms with Crippen molar-refractivity contribution in [3.63, 3.8) is 0 Å². The van der Waals surface area contributed by atoms with Crippen LogP contribution in [0.4, 0.5) is 10.1 Å². The molecule has 2 aromatic carbocycles. The molecule has 0 fully saturated rings. The van der Waals surface area contributed by atoms with Crippen LogP contribution in [0, 0.1) is 0 Å². The van der Waals surface area contributed by atoms with E-state index in [0.717, 1.165) is 12.0 Å². The van der Waals surface area contributed by atoms with E-state index in [1.165, 1.54) is 4.90 Å². The maximum Gasteiger partial charge on any atom is 0.284 e. The first-order valence-electron chi connectivity index (χ1n) is 7.50. The highest BCUT2D eigenvalue weighted by Gasteiger charge is 2.31. The molecular weight excluding hydrogens is 315 g/mol. The van der Waals surface area contributed by atoms with Crippen molar-refractivity contribution in [2.45, 2.75) is 19.6 Å². The molecule has 0 aliphatic carbocycles. The largest absolute Gasteiger partial charge is 0.307 e. The lowest BCUT2D eigenvalue weighted by Crippen LogP contribution is -2.36. The molecule has 1 aliphatic heterocycles. The number of halogens is 2. The van der Waals surface area contributed by atoms with Gasteiger partial charge in [-0.15, -0.1) is 0 Å². The van der Waals surface area contributed by atoms with Gasteiger partial charge in [0.05, 0.1) is 11.4 Å². The molecule has 0 N–H and O–H groups in total. The number of nitrogens with zero attached hydrogens (tertiary/aromatic N) is 2. The van der Waals surface area contributed by atoms with Crippen molar-refractivity contribution in [1.29, 1.82) is 0 Å². The smallest absolute Gasteiger partial charge is 0.284 e. The fraction of sp³-hybridized carbons (Fsp3) is 0.222. The minimum atomic E-state index is -1.91. The molecule has 1 atom stereocenters. The fourth-order valence-corrected chi connectivity index (χ4v) is 2.87. The summed E-state index contributed by atoms with van der Waals surface area (Å²) in [5.74, 6) is -0.638. The van der Waals surface area contributed by atoms with Crippen molar-refractivity contribution in [1.82, 2.24) is 0 Å². The van der Waals surface area contributed by atoms with E-state index in [1.54, 1.807) is 18.2 Å². The van der Waals surface area contributed by atoms with Crippen LogP contribution in [0.5, 0.6) is 0 Å². The molecule has 23 heavy (non-hydrogen) atoms. The molecule has 3 nitrogen and oxygen atoms in total. The van der Waals surface area contributed by atoms with Crippen molar-refractivity contribution < 1.29 is 9.18 Å². The molecule has 1 unspecified atom stereocenters. The van der Waals surface area contributed by atoms with Crippen molar-refractivity contribution in [2.75, 3.05) is 11.4 Å². The third-order valence-corrected chi connectivity index (χ3v) is 3.95. The molecule has 0 radical (unpaired) electrons. The lowest BCUT2D eigenvalue weighted by Gasteiger charge is -2.23. The number of benzodiazepines with no additional fused rings is 1. The zero-order chi connectivity index (χ0) is 16.4. The maximum absolute atomic E-state index is 14.4. The van der Waals surface area contributed by atoms with Gasteiger partial charge in [-0.1, -0.05) is 48.9 Å². The quantitative estimate of drug-likeness (QED) is 0.775. The van der Waals surface area contributed by atoms with E-state index in [-0.39, 0.29) is 0 Å². The Hall–Kier alpha value is -2.20. The summed E-state index contributed by atoms with van der Waals surface area (Å²) in [6.07, 6.45) is -1.19. The van der Waals surface area contributed by atoms with Crippen LogP contribution < -0.4 is 4.90 Å². The van der Waals surface area contributed by atoms with Gasteiger partial charge in [-0.05, 0) is 24.6 Å². The minimum Gasteiger partial charge on any atom is -0.307 e. The van der Waals surface area contributed by atoms with Crippen LogP contribution in [-0.2, 0) is 4.79 Å². The van der Waals surface area contributed by atoms with Gasteiger partial charge in [0.25, 0.3) is 12.2 Å². The number of carbonyl (C=O) groups is 1. The average molecular weight is 331 g/mol. The van der Waals surface area contributed by atoms with Crippen LogP contribution in [0.15, 0.2) is 53.5 Å².